The fourth-order valence-electron chi connectivity index (χ4n) is 2.51. The van der Waals surface area contributed by atoms with E-state index < -0.39 is 0 Å². The second-order valence-electron chi connectivity index (χ2n) is 4.97. The fourth-order valence-corrected chi connectivity index (χ4v) is 2.73. The molecule has 0 saturated carbocycles. The first-order chi connectivity index (χ1) is 7.98. The number of nitrogens with zero attached hydrogens (tertiary/aromatic N) is 1. The Kier molecular flexibility index (Phi) is 3.15. The Morgan fingerprint density at radius 3 is 2.65 bits per heavy atom. The SMILES string of the molecule is CC1(C)C(CN)CC(=O)N1c1ccccc1Cl. The lowest BCUT2D eigenvalue weighted by Gasteiger charge is -2.36. The highest BCUT2D eigenvalue weighted by Crippen LogP contribution is 2.41. The van der Waals surface area contributed by atoms with Crippen molar-refractivity contribution >= 4 is 23.2 Å². The summed E-state index contributed by atoms with van der Waals surface area (Å²) < 4.78 is 0. The Morgan fingerprint density at radius 2 is 2.12 bits per heavy atom. The Labute approximate surface area is 107 Å². The minimum atomic E-state index is -0.281. The molecule has 17 heavy (non-hydrogen) atoms. The molecule has 2 rings (SSSR count). The third kappa shape index (κ3) is 1.94. The normalized spacial score (nSPS) is 23.2. The van der Waals surface area contributed by atoms with Crippen LogP contribution < -0.4 is 10.6 Å². The van der Waals surface area contributed by atoms with E-state index in [1.165, 1.54) is 0 Å². The van der Waals surface area contributed by atoms with Crippen LogP contribution in [-0.4, -0.2) is 18.0 Å². The van der Waals surface area contributed by atoms with Crippen molar-refractivity contribution < 1.29 is 4.79 Å². The van der Waals surface area contributed by atoms with Gasteiger partial charge in [-0.3, -0.25) is 4.79 Å². The molecule has 1 fully saturated rings. The quantitative estimate of drug-likeness (QED) is 0.879. The van der Waals surface area contributed by atoms with E-state index in [2.05, 4.69) is 0 Å². The first-order valence-corrected chi connectivity index (χ1v) is 6.14. The second kappa shape index (κ2) is 4.31. The molecule has 1 aliphatic rings. The van der Waals surface area contributed by atoms with Gasteiger partial charge in [0, 0.05) is 17.9 Å². The van der Waals surface area contributed by atoms with Crippen molar-refractivity contribution in [2.75, 3.05) is 11.4 Å². The monoisotopic (exact) mass is 252 g/mol. The van der Waals surface area contributed by atoms with Gasteiger partial charge >= 0.3 is 0 Å². The molecule has 0 radical (unpaired) electrons. The maximum Gasteiger partial charge on any atom is 0.227 e. The van der Waals surface area contributed by atoms with Gasteiger partial charge in [-0.15, -0.1) is 0 Å². The van der Waals surface area contributed by atoms with Gasteiger partial charge in [-0.2, -0.15) is 0 Å². The minimum Gasteiger partial charge on any atom is -0.330 e. The summed E-state index contributed by atoms with van der Waals surface area (Å²) in [5, 5.41) is 0.603. The number of hydrogen-bond acceptors (Lipinski definition) is 2. The average Bonchev–Trinajstić information content (AvgIpc) is 2.50. The molecule has 0 aromatic heterocycles. The molecule has 0 spiro atoms. The summed E-state index contributed by atoms with van der Waals surface area (Å²) in [6, 6.07) is 7.43. The van der Waals surface area contributed by atoms with Crippen molar-refractivity contribution in [3.63, 3.8) is 0 Å². The maximum absolute atomic E-state index is 12.1. The lowest BCUT2D eigenvalue weighted by Crippen LogP contribution is -2.46. The summed E-state index contributed by atoms with van der Waals surface area (Å²) >= 11 is 6.16. The van der Waals surface area contributed by atoms with Crippen molar-refractivity contribution in [3.05, 3.63) is 29.3 Å². The predicted octanol–water partition coefficient (Wildman–Crippen LogP) is 2.43. The minimum absolute atomic E-state index is 0.0959. The molecule has 1 aromatic carbocycles. The largest absolute Gasteiger partial charge is 0.330 e. The van der Waals surface area contributed by atoms with Crippen molar-refractivity contribution in [1.29, 1.82) is 0 Å². The zero-order chi connectivity index (χ0) is 12.6. The number of carbonyl (C=O) groups is 1. The molecule has 1 aliphatic heterocycles. The third-order valence-electron chi connectivity index (χ3n) is 3.62. The number of anilines is 1. The average molecular weight is 253 g/mol. The number of halogens is 1. The van der Waals surface area contributed by atoms with Gasteiger partial charge in [-0.1, -0.05) is 23.7 Å². The molecule has 92 valence electrons. The lowest BCUT2D eigenvalue weighted by atomic mass is 9.88. The van der Waals surface area contributed by atoms with E-state index in [4.69, 9.17) is 17.3 Å². The number of hydrogen-bond donors (Lipinski definition) is 1. The number of para-hydroxylation sites is 1. The zero-order valence-electron chi connectivity index (χ0n) is 10.1. The van der Waals surface area contributed by atoms with E-state index in [1.807, 2.05) is 32.0 Å². The lowest BCUT2D eigenvalue weighted by molar-refractivity contribution is -0.117. The number of rotatable bonds is 2. The summed E-state index contributed by atoms with van der Waals surface area (Å²) in [4.78, 5) is 13.9. The maximum atomic E-state index is 12.1. The van der Waals surface area contributed by atoms with Crippen molar-refractivity contribution in [1.82, 2.24) is 0 Å². The van der Waals surface area contributed by atoms with Crippen molar-refractivity contribution in [2.24, 2.45) is 11.7 Å². The smallest absolute Gasteiger partial charge is 0.227 e. The van der Waals surface area contributed by atoms with Gasteiger partial charge in [0.15, 0.2) is 0 Å². The molecule has 2 N–H and O–H groups in total. The van der Waals surface area contributed by atoms with Gasteiger partial charge < -0.3 is 10.6 Å². The van der Waals surface area contributed by atoms with Crippen LogP contribution in [0.5, 0.6) is 0 Å². The topological polar surface area (TPSA) is 46.3 Å². The zero-order valence-corrected chi connectivity index (χ0v) is 10.9. The Hall–Kier alpha value is -1.06. The van der Waals surface area contributed by atoms with Crippen LogP contribution in [0, 0.1) is 5.92 Å². The number of carbonyl (C=O) groups excluding carboxylic acids is 1. The number of amides is 1. The molecule has 1 unspecified atom stereocenters. The second-order valence-corrected chi connectivity index (χ2v) is 5.38. The first-order valence-electron chi connectivity index (χ1n) is 5.76. The van der Waals surface area contributed by atoms with Gasteiger partial charge in [0.2, 0.25) is 5.91 Å². The summed E-state index contributed by atoms with van der Waals surface area (Å²) in [5.74, 6) is 0.268. The molecular weight excluding hydrogens is 236 g/mol. The number of nitrogens with two attached hydrogens (primary N) is 1. The molecule has 1 atom stereocenters. The Bertz CT molecular complexity index is 445. The molecule has 1 aromatic rings. The summed E-state index contributed by atoms with van der Waals surface area (Å²) in [6.45, 7) is 4.59. The van der Waals surface area contributed by atoms with Gasteiger partial charge in [-0.25, -0.2) is 0 Å². The van der Waals surface area contributed by atoms with E-state index in [0.29, 0.717) is 18.0 Å². The first kappa shape index (κ1) is 12.4. The van der Waals surface area contributed by atoms with Crippen LogP contribution in [0.15, 0.2) is 24.3 Å². The van der Waals surface area contributed by atoms with Crippen LogP contribution in [0.1, 0.15) is 20.3 Å². The fraction of sp³-hybridized carbons (Fsp3) is 0.462. The van der Waals surface area contributed by atoms with E-state index >= 15 is 0 Å². The summed E-state index contributed by atoms with van der Waals surface area (Å²) in [6.07, 6.45) is 0.495. The highest BCUT2D eigenvalue weighted by atomic mass is 35.5. The molecule has 3 nitrogen and oxygen atoms in total. The Balaban J connectivity index is 2.45. The van der Waals surface area contributed by atoms with Crippen LogP contribution in [0.2, 0.25) is 5.02 Å². The van der Waals surface area contributed by atoms with Crippen molar-refractivity contribution in [3.8, 4) is 0 Å². The third-order valence-corrected chi connectivity index (χ3v) is 3.94. The summed E-state index contributed by atoms with van der Waals surface area (Å²) in [5.41, 5.74) is 6.24. The van der Waals surface area contributed by atoms with Crippen molar-refractivity contribution in [2.45, 2.75) is 25.8 Å². The van der Waals surface area contributed by atoms with Gasteiger partial charge in [-0.05, 0) is 32.5 Å². The van der Waals surface area contributed by atoms with Gasteiger partial charge in [0.1, 0.15) is 0 Å². The highest BCUT2D eigenvalue weighted by molar-refractivity contribution is 6.34. The molecule has 0 bridgehead atoms. The van der Waals surface area contributed by atoms with Gasteiger partial charge in [0.05, 0.1) is 10.7 Å². The number of benzene rings is 1. The van der Waals surface area contributed by atoms with E-state index in [9.17, 15) is 4.79 Å². The molecule has 1 saturated heterocycles. The van der Waals surface area contributed by atoms with Crippen LogP contribution >= 0.6 is 11.6 Å². The van der Waals surface area contributed by atoms with Crippen LogP contribution in [0.3, 0.4) is 0 Å². The highest BCUT2D eigenvalue weighted by Gasteiger charge is 2.46. The molecular formula is C13H17ClN2O. The predicted molar refractivity (Wildman–Crippen MR) is 70.2 cm³/mol. The van der Waals surface area contributed by atoms with E-state index in [1.54, 1.807) is 11.0 Å². The van der Waals surface area contributed by atoms with Crippen LogP contribution in [0.4, 0.5) is 5.69 Å². The van der Waals surface area contributed by atoms with Gasteiger partial charge in [0.25, 0.3) is 0 Å². The van der Waals surface area contributed by atoms with E-state index in [0.717, 1.165) is 5.69 Å². The van der Waals surface area contributed by atoms with E-state index in [-0.39, 0.29) is 17.4 Å². The molecule has 0 aliphatic carbocycles. The molecule has 4 heteroatoms. The molecule has 1 amide bonds. The van der Waals surface area contributed by atoms with Crippen LogP contribution in [-0.2, 0) is 4.79 Å². The summed E-state index contributed by atoms with van der Waals surface area (Å²) in [7, 11) is 0. The van der Waals surface area contributed by atoms with Crippen LogP contribution in [0.25, 0.3) is 0 Å². The standard InChI is InChI=1S/C13H17ClN2O/c1-13(2)9(8-15)7-12(17)16(13)11-6-4-3-5-10(11)14/h3-6,9H,7-8,15H2,1-2H3. The molecule has 1 heterocycles. The Morgan fingerprint density at radius 1 is 1.47 bits per heavy atom.